The van der Waals surface area contributed by atoms with Crippen molar-refractivity contribution in [2.24, 2.45) is 4.99 Å². The molecule has 1 spiro atoms. The van der Waals surface area contributed by atoms with Crippen LogP contribution in [0.15, 0.2) is 46.6 Å². The van der Waals surface area contributed by atoms with E-state index in [2.05, 4.69) is 0 Å². The maximum Gasteiger partial charge on any atom is 0.232 e. The van der Waals surface area contributed by atoms with Crippen molar-refractivity contribution >= 4 is 33.4 Å². The fourth-order valence-corrected chi connectivity index (χ4v) is 4.45. The molecule has 0 radical (unpaired) electrons. The Bertz CT molecular complexity index is 838. The van der Waals surface area contributed by atoms with Crippen molar-refractivity contribution in [3.05, 3.63) is 52.2 Å². The Morgan fingerprint density at radius 2 is 1.91 bits per heavy atom. The van der Waals surface area contributed by atoms with Gasteiger partial charge in [-0.2, -0.15) is 0 Å². The Hall–Kier alpha value is -1.59. The summed E-state index contributed by atoms with van der Waals surface area (Å²) in [5.74, 6) is 0. The van der Waals surface area contributed by atoms with Crippen LogP contribution in [0.4, 0.5) is 0 Å². The first kappa shape index (κ1) is 16.3. The van der Waals surface area contributed by atoms with Gasteiger partial charge in [0.15, 0.2) is 0 Å². The second-order valence-corrected chi connectivity index (χ2v) is 8.45. The molecule has 0 aromatic heterocycles. The van der Waals surface area contributed by atoms with Crippen molar-refractivity contribution in [1.29, 1.82) is 0 Å². The molecule has 2 aliphatic heterocycles. The van der Waals surface area contributed by atoms with E-state index < -0.39 is 15.6 Å². The summed E-state index contributed by atoms with van der Waals surface area (Å²) in [6, 6.07) is 7.36. The smallest absolute Gasteiger partial charge is 0.232 e. The van der Waals surface area contributed by atoms with Crippen LogP contribution in [0.25, 0.3) is 6.08 Å². The van der Waals surface area contributed by atoms with Gasteiger partial charge in [-0.1, -0.05) is 23.7 Å². The third-order valence-electron chi connectivity index (χ3n) is 4.39. The van der Waals surface area contributed by atoms with Gasteiger partial charge in [-0.05, 0) is 49.3 Å². The first-order valence-corrected chi connectivity index (χ1v) is 9.66. The minimum atomic E-state index is -3.34. The van der Waals surface area contributed by atoms with Crippen LogP contribution in [0, 0.1) is 0 Å². The van der Waals surface area contributed by atoms with Gasteiger partial charge < -0.3 is 0 Å². The van der Waals surface area contributed by atoms with Gasteiger partial charge in [0, 0.05) is 23.7 Å². The number of hydrogen-bond donors (Lipinski definition) is 0. The molecule has 0 aliphatic carbocycles. The fraction of sp³-hybridized carbons (Fsp3) is 0.353. The third-order valence-corrected chi connectivity index (χ3v) is 5.82. The minimum absolute atomic E-state index is 0.445. The molecule has 4 nitrogen and oxygen atoms in total. The molecule has 0 unspecified atom stereocenters. The molecule has 122 valence electrons. The number of aliphatic imine (C=N–C) groups is 1. The molecule has 1 aromatic carbocycles. The summed E-state index contributed by atoms with van der Waals surface area (Å²) in [4.78, 5) is 4.78. The van der Waals surface area contributed by atoms with Crippen LogP contribution in [0.5, 0.6) is 0 Å². The number of hydrogen-bond acceptors (Lipinski definition) is 3. The van der Waals surface area contributed by atoms with Gasteiger partial charge in [-0.15, -0.1) is 0 Å². The zero-order chi connectivity index (χ0) is 16.8. The lowest BCUT2D eigenvalue weighted by atomic mass is 9.88. The molecule has 3 rings (SSSR count). The van der Waals surface area contributed by atoms with Gasteiger partial charge in [0.25, 0.3) is 0 Å². The van der Waals surface area contributed by atoms with E-state index in [1.807, 2.05) is 38.1 Å². The van der Waals surface area contributed by atoms with E-state index in [1.165, 1.54) is 10.6 Å². The lowest BCUT2D eigenvalue weighted by molar-refractivity contribution is 0.515. The molecule has 1 fully saturated rings. The third kappa shape index (κ3) is 2.83. The predicted octanol–water partition coefficient (Wildman–Crippen LogP) is 3.51. The molecule has 0 saturated carbocycles. The van der Waals surface area contributed by atoms with Crippen molar-refractivity contribution in [2.75, 3.05) is 12.8 Å². The first-order chi connectivity index (χ1) is 10.7. The van der Waals surface area contributed by atoms with Gasteiger partial charge in [0.05, 0.1) is 12.0 Å². The number of rotatable bonds is 2. The summed E-state index contributed by atoms with van der Waals surface area (Å²) in [5.41, 5.74) is 3.08. The van der Waals surface area contributed by atoms with Crippen molar-refractivity contribution in [3.63, 3.8) is 0 Å². The summed E-state index contributed by atoms with van der Waals surface area (Å²) in [7, 11) is -3.34. The summed E-state index contributed by atoms with van der Waals surface area (Å²) in [6.45, 7) is 4.41. The number of allylic oxidation sites excluding steroid dienone is 1. The molecule has 23 heavy (non-hydrogen) atoms. The molecule has 0 N–H and O–H groups in total. The van der Waals surface area contributed by atoms with Gasteiger partial charge in [-0.25, -0.2) is 8.42 Å². The van der Waals surface area contributed by atoms with E-state index in [0.29, 0.717) is 23.7 Å². The van der Waals surface area contributed by atoms with E-state index in [-0.39, 0.29) is 0 Å². The molecular weight excluding hydrogens is 332 g/mol. The summed E-state index contributed by atoms with van der Waals surface area (Å²) in [6.07, 6.45) is 5.84. The van der Waals surface area contributed by atoms with Crippen LogP contribution in [0.1, 0.15) is 25.8 Å². The highest BCUT2D eigenvalue weighted by molar-refractivity contribution is 7.88. The van der Waals surface area contributed by atoms with Crippen LogP contribution >= 0.6 is 11.6 Å². The average Bonchev–Trinajstić information content (AvgIpc) is 2.94. The quantitative estimate of drug-likeness (QED) is 0.819. The fourth-order valence-electron chi connectivity index (χ4n) is 3.34. The van der Waals surface area contributed by atoms with Crippen molar-refractivity contribution in [1.82, 2.24) is 4.31 Å². The molecular formula is C17H19ClN2O2S. The molecule has 0 amide bonds. The summed E-state index contributed by atoms with van der Waals surface area (Å²) in [5, 5.41) is 0.652. The molecule has 1 atom stereocenters. The zero-order valence-corrected chi connectivity index (χ0v) is 14.9. The van der Waals surface area contributed by atoms with E-state index in [9.17, 15) is 8.42 Å². The average molecular weight is 351 g/mol. The summed E-state index contributed by atoms with van der Waals surface area (Å²) >= 11 is 5.93. The van der Waals surface area contributed by atoms with Crippen molar-refractivity contribution < 1.29 is 8.42 Å². The van der Waals surface area contributed by atoms with E-state index >= 15 is 0 Å². The Labute approximate surface area is 142 Å². The second kappa shape index (κ2) is 5.49. The Kier molecular flexibility index (Phi) is 3.89. The van der Waals surface area contributed by atoms with Crippen LogP contribution in [0.2, 0.25) is 5.02 Å². The van der Waals surface area contributed by atoms with E-state index in [1.54, 1.807) is 12.1 Å². The monoisotopic (exact) mass is 350 g/mol. The number of sulfonamides is 1. The first-order valence-electron chi connectivity index (χ1n) is 7.43. The molecule has 6 heteroatoms. The van der Waals surface area contributed by atoms with Gasteiger partial charge >= 0.3 is 0 Å². The zero-order valence-electron chi connectivity index (χ0n) is 13.4. The van der Waals surface area contributed by atoms with Crippen LogP contribution < -0.4 is 0 Å². The van der Waals surface area contributed by atoms with Crippen molar-refractivity contribution in [3.8, 4) is 0 Å². The standard InChI is InChI=1S/C17H19ClN2O2S/c1-12-10-13(2)19-17(12)8-9-20(23(3,21)22)16(17)11-14-4-6-15(18)7-5-14/h4-7,10-11H,8-9H2,1-3H3/b16-11+/t17-/m1/s1. The number of benzene rings is 1. The lowest BCUT2D eigenvalue weighted by Crippen LogP contribution is -2.32. The number of nitrogens with zero attached hydrogens (tertiary/aromatic N) is 2. The van der Waals surface area contributed by atoms with Crippen LogP contribution in [-0.4, -0.2) is 36.8 Å². The minimum Gasteiger partial charge on any atom is -0.273 e. The highest BCUT2D eigenvalue weighted by atomic mass is 35.5. The Morgan fingerprint density at radius 3 is 2.43 bits per heavy atom. The maximum absolute atomic E-state index is 12.2. The van der Waals surface area contributed by atoms with E-state index in [0.717, 1.165) is 16.8 Å². The second-order valence-electron chi connectivity index (χ2n) is 6.11. The predicted molar refractivity (Wildman–Crippen MR) is 95.2 cm³/mol. The highest BCUT2D eigenvalue weighted by Gasteiger charge is 2.48. The Balaban J connectivity index is 2.16. The van der Waals surface area contributed by atoms with Gasteiger partial charge in [-0.3, -0.25) is 9.30 Å². The van der Waals surface area contributed by atoms with Crippen molar-refractivity contribution in [2.45, 2.75) is 25.8 Å². The van der Waals surface area contributed by atoms with Crippen LogP contribution in [-0.2, 0) is 10.0 Å². The Morgan fingerprint density at radius 1 is 1.26 bits per heavy atom. The van der Waals surface area contributed by atoms with Gasteiger partial charge in [0.1, 0.15) is 5.54 Å². The van der Waals surface area contributed by atoms with Gasteiger partial charge in [0.2, 0.25) is 10.0 Å². The molecule has 2 heterocycles. The molecule has 1 aromatic rings. The number of halogens is 1. The van der Waals surface area contributed by atoms with E-state index in [4.69, 9.17) is 16.6 Å². The topological polar surface area (TPSA) is 49.7 Å². The SMILES string of the molecule is CC1=CC(C)=N[C@]12CCN(S(C)(=O)=O)/C2=C/c1ccc(Cl)cc1. The lowest BCUT2D eigenvalue weighted by Gasteiger charge is -2.27. The molecule has 1 saturated heterocycles. The maximum atomic E-state index is 12.2. The van der Waals surface area contributed by atoms with Crippen LogP contribution in [0.3, 0.4) is 0 Å². The molecule has 0 bridgehead atoms. The summed E-state index contributed by atoms with van der Waals surface area (Å²) < 4.78 is 25.9. The largest absolute Gasteiger partial charge is 0.273 e. The normalized spacial score (nSPS) is 26.1. The highest BCUT2D eigenvalue weighted by Crippen LogP contribution is 2.45. The molecule has 2 aliphatic rings.